The van der Waals surface area contributed by atoms with Gasteiger partial charge >= 0.3 is 0 Å². The van der Waals surface area contributed by atoms with Crippen molar-refractivity contribution in [1.29, 1.82) is 0 Å². The first-order chi connectivity index (χ1) is 8.25. The quantitative estimate of drug-likeness (QED) is 0.898. The largest absolute Gasteiger partial charge is 0.328 e. The van der Waals surface area contributed by atoms with Gasteiger partial charge in [-0.25, -0.2) is 4.98 Å². The van der Waals surface area contributed by atoms with Crippen molar-refractivity contribution in [2.45, 2.75) is 29.3 Å². The molecule has 0 radical (unpaired) electrons. The summed E-state index contributed by atoms with van der Waals surface area (Å²) < 4.78 is 0. The molecule has 88 valence electrons. The van der Waals surface area contributed by atoms with Crippen LogP contribution in [0.4, 0.5) is 0 Å². The Kier molecular flexibility index (Phi) is 4.18. The van der Waals surface area contributed by atoms with Crippen LogP contribution in [0.1, 0.15) is 12.5 Å². The van der Waals surface area contributed by atoms with Gasteiger partial charge in [-0.1, -0.05) is 36.0 Å². The zero-order valence-electron chi connectivity index (χ0n) is 9.84. The fourth-order valence-corrected chi connectivity index (χ4v) is 2.53. The Morgan fingerprint density at radius 2 is 1.94 bits per heavy atom. The molecule has 1 aromatic heterocycles. The maximum Gasteiger partial charge on any atom is 0.104 e. The summed E-state index contributed by atoms with van der Waals surface area (Å²) in [6.07, 6.45) is 2.69. The van der Waals surface area contributed by atoms with Crippen LogP contribution >= 0.6 is 11.8 Å². The first-order valence-corrected chi connectivity index (χ1v) is 6.50. The van der Waals surface area contributed by atoms with Crippen molar-refractivity contribution in [3.05, 3.63) is 54.2 Å². The second-order valence-corrected chi connectivity index (χ2v) is 5.13. The standard InChI is InChI=1S/C14H16N2S/c1-11(15)10-12-6-5-9-16-14(12)17-13-7-3-2-4-8-13/h2-9,11H,10,15H2,1H3. The monoisotopic (exact) mass is 244 g/mol. The molecule has 2 N–H and O–H groups in total. The Balaban J connectivity index is 2.20. The number of pyridine rings is 1. The predicted molar refractivity (Wildman–Crippen MR) is 72.2 cm³/mol. The highest BCUT2D eigenvalue weighted by atomic mass is 32.2. The Bertz CT molecular complexity index is 469. The van der Waals surface area contributed by atoms with Gasteiger partial charge in [-0.2, -0.15) is 0 Å². The van der Waals surface area contributed by atoms with Gasteiger partial charge in [0.2, 0.25) is 0 Å². The molecule has 0 spiro atoms. The van der Waals surface area contributed by atoms with Crippen molar-refractivity contribution in [3.63, 3.8) is 0 Å². The SMILES string of the molecule is CC(N)Cc1cccnc1Sc1ccccc1. The molecule has 2 aromatic rings. The highest BCUT2D eigenvalue weighted by Crippen LogP contribution is 2.28. The van der Waals surface area contributed by atoms with Crippen LogP contribution < -0.4 is 5.73 Å². The van der Waals surface area contributed by atoms with Crippen molar-refractivity contribution in [2.75, 3.05) is 0 Å². The van der Waals surface area contributed by atoms with E-state index in [-0.39, 0.29) is 6.04 Å². The summed E-state index contributed by atoms with van der Waals surface area (Å²) in [4.78, 5) is 5.64. The third-order valence-corrected chi connectivity index (χ3v) is 3.42. The number of aromatic nitrogens is 1. The second kappa shape index (κ2) is 5.84. The number of nitrogens with zero attached hydrogens (tertiary/aromatic N) is 1. The summed E-state index contributed by atoms with van der Waals surface area (Å²) in [7, 11) is 0. The van der Waals surface area contributed by atoms with Crippen LogP contribution in [0.2, 0.25) is 0 Å². The maximum atomic E-state index is 5.85. The molecule has 2 nitrogen and oxygen atoms in total. The first-order valence-electron chi connectivity index (χ1n) is 5.68. The summed E-state index contributed by atoms with van der Waals surface area (Å²) in [5.74, 6) is 0. The van der Waals surface area contributed by atoms with E-state index in [1.54, 1.807) is 11.8 Å². The molecule has 1 heterocycles. The average Bonchev–Trinajstić information content (AvgIpc) is 2.32. The fraction of sp³-hybridized carbons (Fsp3) is 0.214. The van der Waals surface area contributed by atoms with Gasteiger partial charge in [-0.05, 0) is 37.1 Å². The van der Waals surface area contributed by atoms with E-state index in [1.165, 1.54) is 10.5 Å². The summed E-state index contributed by atoms with van der Waals surface area (Å²) in [5, 5.41) is 1.05. The Morgan fingerprint density at radius 1 is 1.18 bits per heavy atom. The minimum Gasteiger partial charge on any atom is -0.328 e. The molecule has 0 amide bonds. The minimum absolute atomic E-state index is 0.161. The van der Waals surface area contributed by atoms with Crippen molar-refractivity contribution in [1.82, 2.24) is 4.98 Å². The van der Waals surface area contributed by atoms with Crippen LogP contribution in [0, 0.1) is 0 Å². The molecule has 0 saturated heterocycles. The van der Waals surface area contributed by atoms with E-state index in [2.05, 4.69) is 23.2 Å². The van der Waals surface area contributed by atoms with Crippen LogP contribution in [0.15, 0.2) is 58.6 Å². The Labute approximate surface area is 106 Å². The van der Waals surface area contributed by atoms with Gasteiger partial charge in [0.1, 0.15) is 5.03 Å². The summed E-state index contributed by atoms with van der Waals surface area (Å²) in [6, 6.07) is 14.5. The first kappa shape index (κ1) is 12.1. The summed E-state index contributed by atoms with van der Waals surface area (Å²) in [5.41, 5.74) is 7.07. The topological polar surface area (TPSA) is 38.9 Å². The van der Waals surface area contributed by atoms with Gasteiger partial charge in [0.15, 0.2) is 0 Å². The molecule has 1 unspecified atom stereocenters. The summed E-state index contributed by atoms with van der Waals surface area (Å²) >= 11 is 1.69. The molecule has 0 aliphatic carbocycles. The second-order valence-electron chi connectivity index (χ2n) is 4.06. The minimum atomic E-state index is 0.161. The van der Waals surface area contributed by atoms with Crippen LogP contribution in [-0.2, 0) is 6.42 Å². The zero-order chi connectivity index (χ0) is 12.1. The van der Waals surface area contributed by atoms with E-state index in [0.29, 0.717) is 0 Å². The zero-order valence-corrected chi connectivity index (χ0v) is 10.7. The lowest BCUT2D eigenvalue weighted by Crippen LogP contribution is -2.18. The average molecular weight is 244 g/mol. The van der Waals surface area contributed by atoms with E-state index in [4.69, 9.17) is 5.73 Å². The third kappa shape index (κ3) is 3.58. The van der Waals surface area contributed by atoms with Gasteiger partial charge in [-0.3, -0.25) is 0 Å². The van der Waals surface area contributed by atoms with Crippen molar-refractivity contribution in [2.24, 2.45) is 5.73 Å². The molecule has 2 rings (SSSR count). The third-order valence-electron chi connectivity index (χ3n) is 2.35. The molecular weight excluding hydrogens is 228 g/mol. The van der Waals surface area contributed by atoms with Crippen molar-refractivity contribution >= 4 is 11.8 Å². The highest BCUT2D eigenvalue weighted by molar-refractivity contribution is 7.99. The van der Waals surface area contributed by atoms with Gasteiger partial charge in [0, 0.05) is 17.1 Å². The lowest BCUT2D eigenvalue weighted by Gasteiger charge is -2.09. The smallest absolute Gasteiger partial charge is 0.104 e. The Morgan fingerprint density at radius 3 is 2.65 bits per heavy atom. The lowest BCUT2D eigenvalue weighted by atomic mass is 10.1. The van der Waals surface area contributed by atoms with E-state index in [0.717, 1.165) is 11.4 Å². The van der Waals surface area contributed by atoms with E-state index in [1.807, 2.05) is 37.4 Å². The maximum absolute atomic E-state index is 5.85. The molecular formula is C14H16N2S. The highest BCUT2D eigenvalue weighted by Gasteiger charge is 2.07. The molecule has 1 aromatic carbocycles. The van der Waals surface area contributed by atoms with E-state index >= 15 is 0 Å². The molecule has 0 aliphatic heterocycles. The molecule has 0 fully saturated rings. The molecule has 0 saturated carbocycles. The molecule has 0 bridgehead atoms. The molecule has 3 heteroatoms. The fourth-order valence-electron chi connectivity index (χ4n) is 1.62. The van der Waals surface area contributed by atoms with Crippen molar-refractivity contribution in [3.8, 4) is 0 Å². The molecule has 17 heavy (non-hydrogen) atoms. The lowest BCUT2D eigenvalue weighted by molar-refractivity contribution is 0.722. The number of hydrogen-bond donors (Lipinski definition) is 1. The normalized spacial score (nSPS) is 12.4. The van der Waals surface area contributed by atoms with Gasteiger partial charge < -0.3 is 5.73 Å². The Hall–Kier alpha value is -1.32. The number of nitrogens with two attached hydrogens (primary N) is 1. The number of rotatable bonds is 4. The van der Waals surface area contributed by atoms with E-state index in [9.17, 15) is 0 Å². The van der Waals surface area contributed by atoms with Gasteiger partial charge in [-0.15, -0.1) is 0 Å². The molecule has 1 atom stereocenters. The summed E-state index contributed by atoms with van der Waals surface area (Å²) in [6.45, 7) is 2.02. The van der Waals surface area contributed by atoms with Crippen LogP contribution in [0.25, 0.3) is 0 Å². The van der Waals surface area contributed by atoms with Crippen molar-refractivity contribution < 1.29 is 0 Å². The van der Waals surface area contributed by atoms with Crippen LogP contribution in [-0.4, -0.2) is 11.0 Å². The number of hydrogen-bond acceptors (Lipinski definition) is 3. The van der Waals surface area contributed by atoms with E-state index < -0.39 is 0 Å². The van der Waals surface area contributed by atoms with Gasteiger partial charge in [0.05, 0.1) is 0 Å². The molecule has 0 aliphatic rings. The number of benzene rings is 1. The predicted octanol–water partition coefficient (Wildman–Crippen LogP) is 3.12. The van der Waals surface area contributed by atoms with Gasteiger partial charge in [0.25, 0.3) is 0 Å². The van der Waals surface area contributed by atoms with Crippen LogP contribution in [0.3, 0.4) is 0 Å². The van der Waals surface area contributed by atoms with Crippen LogP contribution in [0.5, 0.6) is 0 Å².